The molecular formula is C58H73BN2OSi. The molecule has 0 fully saturated rings. The lowest BCUT2D eigenvalue weighted by Crippen LogP contribution is -2.65. The fourth-order valence-electron chi connectivity index (χ4n) is 12.0. The first-order valence-electron chi connectivity index (χ1n) is 24.1. The normalized spacial score (nSPS) is 20.7. The van der Waals surface area contributed by atoms with Gasteiger partial charge in [-0.05, 0) is 133 Å². The van der Waals surface area contributed by atoms with Gasteiger partial charge in [0.1, 0.15) is 5.58 Å². The van der Waals surface area contributed by atoms with Gasteiger partial charge in [-0.15, -0.1) is 0 Å². The monoisotopic (exact) mass is 853 g/mol. The third kappa shape index (κ3) is 6.24. The van der Waals surface area contributed by atoms with Crippen molar-refractivity contribution >= 4 is 76.0 Å². The van der Waals surface area contributed by atoms with Gasteiger partial charge in [0.15, 0.2) is 0 Å². The van der Waals surface area contributed by atoms with Gasteiger partial charge in [-0.2, -0.15) is 0 Å². The average molecular weight is 853 g/mol. The minimum absolute atomic E-state index is 0.0477. The Labute approximate surface area is 381 Å². The van der Waals surface area contributed by atoms with Crippen LogP contribution in [-0.2, 0) is 27.1 Å². The van der Waals surface area contributed by atoms with Crippen LogP contribution in [0.3, 0.4) is 0 Å². The molecule has 5 heteroatoms. The molecule has 4 aromatic carbocycles. The first kappa shape index (κ1) is 42.7. The number of benzene rings is 4. The van der Waals surface area contributed by atoms with Gasteiger partial charge in [-0.1, -0.05) is 165 Å². The summed E-state index contributed by atoms with van der Waals surface area (Å²) in [6.07, 6.45) is 8.50. The van der Waals surface area contributed by atoms with Crippen LogP contribution in [0.1, 0.15) is 151 Å². The Bertz CT molecular complexity index is 2840. The van der Waals surface area contributed by atoms with Crippen LogP contribution in [0, 0.1) is 5.41 Å². The van der Waals surface area contributed by atoms with E-state index in [1.54, 1.807) is 0 Å². The van der Waals surface area contributed by atoms with Crippen molar-refractivity contribution in [1.82, 2.24) is 0 Å². The van der Waals surface area contributed by atoms with Crippen LogP contribution in [0.15, 0.2) is 88.4 Å². The van der Waals surface area contributed by atoms with Crippen molar-refractivity contribution in [3.8, 4) is 0 Å². The summed E-state index contributed by atoms with van der Waals surface area (Å²) < 4.78 is 7.64. The van der Waals surface area contributed by atoms with E-state index in [1.165, 1.54) is 102 Å². The van der Waals surface area contributed by atoms with E-state index in [4.69, 9.17) is 4.42 Å². The maximum atomic E-state index is 7.64. The number of anilines is 5. The Balaban J connectivity index is 1.37. The zero-order valence-electron chi connectivity index (χ0n) is 42.0. The molecule has 1 unspecified atom stereocenters. The van der Waals surface area contributed by atoms with Gasteiger partial charge < -0.3 is 14.2 Å². The lowest BCUT2D eigenvalue weighted by atomic mass is 9.34. The molecule has 0 saturated heterocycles. The lowest BCUT2D eigenvalue weighted by molar-refractivity contribution is 0.332. The number of fused-ring (bicyclic) bond motifs is 9. The zero-order valence-corrected chi connectivity index (χ0v) is 43.0. The second-order valence-corrected chi connectivity index (χ2v) is 31.3. The van der Waals surface area contributed by atoms with E-state index < -0.39 is 8.07 Å². The predicted molar refractivity (Wildman–Crippen MR) is 277 cm³/mol. The van der Waals surface area contributed by atoms with Gasteiger partial charge in [0.05, 0.1) is 25.5 Å². The molecule has 1 aromatic heterocycles. The van der Waals surface area contributed by atoms with Crippen molar-refractivity contribution in [2.75, 3.05) is 9.80 Å². The molecule has 2 aliphatic carbocycles. The maximum absolute atomic E-state index is 7.64. The van der Waals surface area contributed by atoms with E-state index in [1.807, 2.05) is 0 Å². The van der Waals surface area contributed by atoms with Gasteiger partial charge in [-0.25, -0.2) is 0 Å². The lowest BCUT2D eigenvalue weighted by Gasteiger charge is -2.54. The molecule has 0 amide bonds. The first-order valence-corrected chi connectivity index (χ1v) is 27.6. The van der Waals surface area contributed by atoms with Crippen LogP contribution in [0.4, 0.5) is 28.4 Å². The number of furan rings is 1. The molecule has 5 aromatic rings. The number of nitrogens with zero attached hydrogens (tertiary/aromatic N) is 2. The number of hydrogen-bond acceptors (Lipinski definition) is 3. The van der Waals surface area contributed by atoms with E-state index in [-0.39, 0.29) is 45.2 Å². The highest BCUT2D eigenvalue weighted by Crippen LogP contribution is 2.56. The molecular weight excluding hydrogens is 780 g/mol. The molecule has 0 saturated carbocycles. The van der Waals surface area contributed by atoms with Crippen molar-refractivity contribution in [3.05, 3.63) is 112 Å². The van der Waals surface area contributed by atoms with Crippen LogP contribution in [0.2, 0.25) is 19.6 Å². The molecule has 1 atom stereocenters. The van der Waals surface area contributed by atoms with Crippen LogP contribution < -0.4 is 31.6 Å². The van der Waals surface area contributed by atoms with E-state index in [0.29, 0.717) is 0 Å². The highest BCUT2D eigenvalue weighted by molar-refractivity contribution is 7.00. The molecule has 3 aliphatic heterocycles. The van der Waals surface area contributed by atoms with Crippen LogP contribution >= 0.6 is 0 Å². The van der Waals surface area contributed by atoms with E-state index in [0.717, 1.165) is 17.7 Å². The number of hydrogen-bond donors (Lipinski definition) is 0. The van der Waals surface area contributed by atoms with Gasteiger partial charge in [0.25, 0.3) is 6.71 Å². The Morgan fingerprint density at radius 3 is 1.86 bits per heavy atom. The standard InChI is InChI=1S/C58H73BN2OSi/c1-53(2,3)34-19-22-37(23-20-34)60-46-30-38(63(16,17)18)31-47-49(46)59(52-50(60)39-32-40-41(33-48(39)62-52)57(12,13)26-25-56(40,10)11)44-29-36(55(7,8)9)28-43-51(44)61(47)45-24-21-35(54(4,5)6)27-42(45)58(43,14)15/h19-23,27-33,45H,24-26H2,1-18H3. The zero-order chi connectivity index (χ0) is 45.5. The maximum Gasteiger partial charge on any atom is 0.297 e. The molecule has 0 bridgehead atoms. The molecule has 4 heterocycles. The van der Waals surface area contributed by atoms with E-state index in [9.17, 15) is 0 Å². The fourth-order valence-corrected chi connectivity index (χ4v) is 13.1. The summed E-state index contributed by atoms with van der Waals surface area (Å²) in [6, 6.07) is 25.2. The van der Waals surface area contributed by atoms with Crippen molar-refractivity contribution < 1.29 is 4.42 Å². The highest BCUT2D eigenvalue weighted by atomic mass is 28.3. The van der Waals surface area contributed by atoms with Crippen LogP contribution in [0.25, 0.3) is 11.0 Å². The number of rotatable bonds is 2. The van der Waals surface area contributed by atoms with E-state index >= 15 is 0 Å². The van der Waals surface area contributed by atoms with Crippen molar-refractivity contribution in [2.24, 2.45) is 5.41 Å². The molecule has 328 valence electrons. The summed E-state index contributed by atoms with van der Waals surface area (Å²) in [5, 5.41) is 2.73. The Morgan fingerprint density at radius 2 is 1.27 bits per heavy atom. The molecule has 63 heavy (non-hydrogen) atoms. The summed E-state index contributed by atoms with van der Waals surface area (Å²) in [6.45, 7) is 43.6. The van der Waals surface area contributed by atoms with Crippen molar-refractivity contribution in [2.45, 2.75) is 176 Å². The minimum atomic E-state index is -1.86. The summed E-state index contributed by atoms with van der Waals surface area (Å²) in [5.41, 5.74) is 21.6. The summed E-state index contributed by atoms with van der Waals surface area (Å²) in [7, 11) is -1.86. The number of allylic oxidation sites excluding steroid dienone is 2. The van der Waals surface area contributed by atoms with Crippen LogP contribution in [0.5, 0.6) is 0 Å². The molecule has 0 N–H and O–H groups in total. The topological polar surface area (TPSA) is 19.6 Å². The molecule has 3 nitrogen and oxygen atoms in total. The van der Waals surface area contributed by atoms with Gasteiger partial charge >= 0.3 is 0 Å². The largest absolute Gasteiger partial charge is 0.468 e. The Kier molecular flexibility index (Phi) is 8.80. The van der Waals surface area contributed by atoms with E-state index in [2.05, 4.69) is 206 Å². The summed E-state index contributed by atoms with van der Waals surface area (Å²) >= 11 is 0. The summed E-state index contributed by atoms with van der Waals surface area (Å²) in [5.74, 6) is 0. The third-order valence-corrected chi connectivity index (χ3v) is 18.3. The van der Waals surface area contributed by atoms with Crippen LogP contribution in [-0.4, -0.2) is 20.8 Å². The average Bonchev–Trinajstić information content (AvgIpc) is 3.55. The second kappa shape index (κ2) is 13.0. The SMILES string of the molecule is CC(C)(C)C1=CCC2C(=C1)C(C)(C)c1cc(C(C)(C)C)cc3c1N2c1cc([Si](C)(C)C)cc2c1B3c1oc3cc4c(cc3c1N2c1ccc(C(C)(C)C)cc1)C(C)(C)CCC4(C)C. The van der Waals surface area contributed by atoms with Gasteiger partial charge in [0, 0.05) is 33.6 Å². The summed E-state index contributed by atoms with van der Waals surface area (Å²) in [4.78, 5) is 5.48. The van der Waals surface area contributed by atoms with Crippen molar-refractivity contribution in [1.29, 1.82) is 0 Å². The molecule has 0 spiro atoms. The molecule has 10 rings (SSSR count). The van der Waals surface area contributed by atoms with Gasteiger partial charge in [-0.3, -0.25) is 0 Å². The second-order valence-electron chi connectivity index (χ2n) is 26.2. The quantitative estimate of drug-likeness (QED) is 0.162. The van der Waals surface area contributed by atoms with Gasteiger partial charge in [0.2, 0.25) is 0 Å². The first-order chi connectivity index (χ1) is 29.0. The fraction of sp³-hybridized carbons (Fsp3) is 0.483. The third-order valence-electron chi connectivity index (χ3n) is 16.3. The smallest absolute Gasteiger partial charge is 0.297 e. The highest BCUT2D eigenvalue weighted by Gasteiger charge is 2.54. The van der Waals surface area contributed by atoms with Crippen molar-refractivity contribution in [3.63, 3.8) is 0 Å². The molecule has 0 radical (unpaired) electrons. The Morgan fingerprint density at radius 1 is 0.667 bits per heavy atom. The minimum Gasteiger partial charge on any atom is -0.468 e. The Hall–Kier alpha value is -4.22. The predicted octanol–water partition coefficient (Wildman–Crippen LogP) is 13.6. The molecule has 5 aliphatic rings.